The lowest BCUT2D eigenvalue weighted by molar-refractivity contribution is -0.201. The Kier molecular flexibility index (Phi) is 0.847. The van der Waals surface area contributed by atoms with Crippen LogP contribution in [-0.4, -0.2) is 16.0 Å². The second-order valence-corrected chi connectivity index (χ2v) is 1.67. The maximum absolute atomic E-state index is 9.86. The summed E-state index contributed by atoms with van der Waals surface area (Å²) >= 11 is 0. The van der Waals surface area contributed by atoms with Gasteiger partial charge in [-0.05, 0) is 0 Å². The molecule has 0 radical (unpaired) electrons. The van der Waals surface area contributed by atoms with Gasteiger partial charge in [0.1, 0.15) is 0 Å². The molecule has 1 saturated heterocycles. The third kappa shape index (κ3) is 0.549. The summed E-state index contributed by atoms with van der Waals surface area (Å²) in [5.74, 6) is 0. The average molecular weight is 106 g/mol. The van der Waals surface area contributed by atoms with Gasteiger partial charge in [0.2, 0.25) is 6.79 Å². The first kappa shape index (κ1) is 3.76. The van der Waals surface area contributed by atoms with Crippen molar-refractivity contribution < 1.29 is 18.4 Å². The zero-order valence-electron chi connectivity index (χ0n) is 2.84. The maximum atomic E-state index is 9.86. The van der Waals surface area contributed by atoms with E-state index in [1.165, 1.54) is 0 Å². The molecule has 0 bridgehead atoms. The van der Waals surface area contributed by atoms with Crippen molar-refractivity contribution in [1.29, 1.82) is 0 Å². The van der Waals surface area contributed by atoms with Gasteiger partial charge in [0.15, 0.2) is 0 Å². The molecular formula is CH2O4Si. The van der Waals surface area contributed by atoms with Crippen molar-refractivity contribution in [3.05, 3.63) is 0 Å². The highest BCUT2D eigenvalue weighted by Crippen LogP contribution is 1.90. The molecule has 0 spiro atoms. The molecule has 1 rings (SSSR count). The van der Waals surface area contributed by atoms with Crippen molar-refractivity contribution >= 4 is 9.17 Å². The Morgan fingerprint density at radius 3 is 2.67 bits per heavy atom. The summed E-state index contributed by atoms with van der Waals surface area (Å²) < 4.78 is 18.1. The van der Waals surface area contributed by atoms with E-state index in [4.69, 9.17) is 0 Å². The number of hydrogen-bond acceptors (Lipinski definition) is 4. The average Bonchev–Trinajstić information content (AvgIpc) is 1.86. The SMILES string of the molecule is O=[Si]1OCOO1. The van der Waals surface area contributed by atoms with Crippen LogP contribution in [0.15, 0.2) is 0 Å². The highest BCUT2D eigenvalue weighted by atomic mass is 28.3. The molecule has 0 N–H and O–H groups in total. The molecule has 34 valence electrons. The molecule has 0 aromatic heterocycles. The third-order valence-electron chi connectivity index (χ3n) is 0.352. The van der Waals surface area contributed by atoms with Gasteiger partial charge >= 0.3 is 9.17 Å². The van der Waals surface area contributed by atoms with Gasteiger partial charge in [-0.3, -0.25) is 4.46 Å². The van der Waals surface area contributed by atoms with Crippen LogP contribution in [0.1, 0.15) is 0 Å². The van der Waals surface area contributed by atoms with Crippen LogP contribution in [0, 0.1) is 0 Å². The largest absolute Gasteiger partial charge is 0.803 e. The van der Waals surface area contributed by atoms with E-state index in [1.54, 1.807) is 0 Å². The van der Waals surface area contributed by atoms with E-state index in [2.05, 4.69) is 13.9 Å². The second-order valence-electron chi connectivity index (χ2n) is 0.713. The van der Waals surface area contributed by atoms with E-state index in [0.717, 1.165) is 0 Å². The quantitative estimate of drug-likeness (QED) is 0.303. The molecule has 1 heterocycles. The Morgan fingerprint density at radius 2 is 2.50 bits per heavy atom. The van der Waals surface area contributed by atoms with E-state index in [-0.39, 0.29) is 6.79 Å². The third-order valence-corrected chi connectivity index (χ3v) is 0.959. The van der Waals surface area contributed by atoms with E-state index in [1.807, 2.05) is 0 Å². The number of hydrogen-bond donors (Lipinski definition) is 0. The summed E-state index contributed by atoms with van der Waals surface area (Å²) in [6.45, 7) is -0.00219. The molecule has 6 heavy (non-hydrogen) atoms. The lowest BCUT2D eigenvalue weighted by Crippen LogP contribution is -1.96. The molecule has 1 aliphatic rings. The molecule has 5 heteroatoms. The van der Waals surface area contributed by atoms with E-state index in [9.17, 15) is 4.46 Å². The van der Waals surface area contributed by atoms with Crippen LogP contribution in [-0.2, 0) is 18.4 Å². The van der Waals surface area contributed by atoms with Gasteiger partial charge in [-0.1, -0.05) is 0 Å². The zero-order chi connectivity index (χ0) is 4.41. The monoisotopic (exact) mass is 106 g/mol. The molecule has 0 aliphatic carbocycles. The van der Waals surface area contributed by atoms with E-state index >= 15 is 0 Å². The molecule has 0 aromatic rings. The Labute approximate surface area is 35.5 Å². The van der Waals surface area contributed by atoms with Crippen molar-refractivity contribution in [3.8, 4) is 0 Å². The van der Waals surface area contributed by atoms with Gasteiger partial charge in [0.25, 0.3) is 0 Å². The first-order chi connectivity index (χ1) is 2.89. The summed E-state index contributed by atoms with van der Waals surface area (Å²) in [6.07, 6.45) is 0. The Balaban J connectivity index is 2.37. The molecule has 4 nitrogen and oxygen atoms in total. The molecule has 0 atom stereocenters. The Bertz CT molecular complexity index is 61.9. The summed E-state index contributed by atoms with van der Waals surface area (Å²) in [7, 11) is -2.23. The fourth-order valence-corrected chi connectivity index (χ4v) is 0.505. The predicted molar refractivity (Wildman–Crippen MR) is 14.6 cm³/mol. The van der Waals surface area contributed by atoms with Crippen LogP contribution in [0.25, 0.3) is 0 Å². The highest BCUT2D eigenvalue weighted by Gasteiger charge is 2.18. The number of rotatable bonds is 0. The molecule has 0 aromatic carbocycles. The van der Waals surface area contributed by atoms with Crippen molar-refractivity contribution in [3.63, 3.8) is 0 Å². The Hall–Kier alpha value is -0.423. The second kappa shape index (κ2) is 1.35. The van der Waals surface area contributed by atoms with E-state index in [0.29, 0.717) is 0 Å². The molecule has 1 fully saturated rings. The van der Waals surface area contributed by atoms with Crippen LogP contribution in [0.3, 0.4) is 0 Å². The van der Waals surface area contributed by atoms with Crippen molar-refractivity contribution in [2.24, 2.45) is 0 Å². The first-order valence-electron chi connectivity index (χ1n) is 1.36. The van der Waals surface area contributed by atoms with Gasteiger partial charge in [-0.15, -0.1) is 0 Å². The highest BCUT2D eigenvalue weighted by molar-refractivity contribution is 6.26. The van der Waals surface area contributed by atoms with Gasteiger partial charge in [0.05, 0.1) is 0 Å². The minimum atomic E-state index is -2.23. The maximum Gasteiger partial charge on any atom is 0.803 e. The van der Waals surface area contributed by atoms with Crippen LogP contribution in [0.2, 0.25) is 0 Å². The van der Waals surface area contributed by atoms with Crippen LogP contribution < -0.4 is 0 Å². The van der Waals surface area contributed by atoms with Gasteiger partial charge in [-0.25, -0.2) is 0 Å². The van der Waals surface area contributed by atoms with Crippen LogP contribution >= 0.6 is 0 Å². The summed E-state index contributed by atoms with van der Waals surface area (Å²) in [4.78, 5) is 4.07. The predicted octanol–water partition coefficient (Wildman–Crippen LogP) is -0.662. The fraction of sp³-hybridized carbons (Fsp3) is 1.00. The first-order valence-corrected chi connectivity index (χ1v) is 2.58. The van der Waals surface area contributed by atoms with Crippen molar-refractivity contribution in [1.82, 2.24) is 0 Å². The summed E-state index contributed by atoms with van der Waals surface area (Å²) in [5.41, 5.74) is 0. The van der Waals surface area contributed by atoms with Gasteiger partial charge < -0.3 is 9.00 Å². The van der Waals surface area contributed by atoms with Gasteiger partial charge in [-0.2, -0.15) is 4.89 Å². The molecule has 0 amide bonds. The van der Waals surface area contributed by atoms with Crippen molar-refractivity contribution in [2.75, 3.05) is 6.79 Å². The molecule has 0 unspecified atom stereocenters. The minimum Gasteiger partial charge on any atom is -0.467 e. The smallest absolute Gasteiger partial charge is 0.467 e. The summed E-state index contributed by atoms with van der Waals surface area (Å²) in [6, 6.07) is 0. The minimum absolute atomic E-state index is 0.00219. The normalized spacial score (nSPS) is 19.7. The summed E-state index contributed by atoms with van der Waals surface area (Å²) in [5, 5.41) is 0. The fourth-order valence-electron chi connectivity index (χ4n) is 0.168. The topological polar surface area (TPSA) is 44.8 Å². The van der Waals surface area contributed by atoms with E-state index < -0.39 is 9.17 Å². The molecule has 1 aliphatic heterocycles. The lowest BCUT2D eigenvalue weighted by atomic mass is 11.5. The molecular weight excluding hydrogens is 104 g/mol. The van der Waals surface area contributed by atoms with Crippen molar-refractivity contribution in [2.45, 2.75) is 0 Å². The van der Waals surface area contributed by atoms with Gasteiger partial charge in [0, 0.05) is 0 Å². The molecule has 0 saturated carbocycles. The zero-order valence-corrected chi connectivity index (χ0v) is 3.84. The Morgan fingerprint density at radius 1 is 1.67 bits per heavy atom. The van der Waals surface area contributed by atoms with Crippen LogP contribution in [0.4, 0.5) is 0 Å². The standard InChI is InChI=1S/CH2O4Si/c2-6-4-1-3-5-6/h1H2. The lowest BCUT2D eigenvalue weighted by Gasteiger charge is -1.73. The van der Waals surface area contributed by atoms with Crippen LogP contribution in [0.5, 0.6) is 0 Å².